The van der Waals surface area contributed by atoms with Crippen LogP contribution in [0.3, 0.4) is 0 Å². The van der Waals surface area contributed by atoms with Gasteiger partial charge in [0.1, 0.15) is 5.82 Å². The molecule has 0 unspecified atom stereocenters. The zero-order valence-corrected chi connectivity index (χ0v) is 9.70. The van der Waals surface area contributed by atoms with Gasteiger partial charge in [0.25, 0.3) is 0 Å². The van der Waals surface area contributed by atoms with Gasteiger partial charge < -0.3 is 10.7 Å². The Morgan fingerprint density at radius 1 is 1.18 bits per heavy atom. The van der Waals surface area contributed by atoms with E-state index in [-0.39, 0.29) is 0 Å². The zero-order chi connectivity index (χ0) is 11.8. The van der Waals surface area contributed by atoms with Crippen molar-refractivity contribution >= 4 is 28.3 Å². The van der Waals surface area contributed by atoms with Crippen LogP contribution in [0.4, 0.5) is 5.82 Å². The number of aromatic nitrogens is 2. The van der Waals surface area contributed by atoms with Crippen LogP contribution in [-0.4, -0.2) is 9.97 Å². The number of pyridine rings is 1. The van der Waals surface area contributed by atoms with Crippen LogP contribution in [0.25, 0.3) is 22.2 Å². The summed E-state index contributed by atoms with van der Waals surface area (Å²) in [5, 5.41) is 1.76. The van der Waals surface area contributed by atoms with Crippen LogP contribution in [0.5, 0.6) is 0 Å². The van der Waals surface area contributed by atoms with E-state index in [0.717, 1.165) is 27.2 Å². The van der Waals surface area contributed by atoms with Crippen molar-refractivity contribution in [2.75, 3.05) is 5.73 Å². The number of rotatable bonds is 1. The molecule has 0 aliphatic rings. The van der Waals surface area contributed by atoms with Crippen molar-refractivity contribution in [2.24, 2.45) is 0 Å². The first kappa shape index (κ1) is 10.2. The number of hydrogen-bond acceptors (Lipinski definition) is 2. The number of hydrogen-bond donors (Lipinski definition) is 2. The number of nitrogens with zero attached hydrogens (tertiary/aromatic N) is 1. The van der Waals surface area contributed by atoms with E-state index in [4.69, 9.17) is 17.3 Å². The minimum absolute atomic E-state index is 0.517. The van der Waals surface area contributed by atoms with Crippen molar-refractivity contribution in [1.29, 1.82) is 0 Å². The van der Waals surface area contributed by atoms with Gasteiger partial charge in [-0.15, -0.1) is 0 Å². The summed E-state index contributed by atoms with van der Waals surface area (Å²) >= 11 is 6.13. The number of fused-ring (bicyclic) bond motifs is 1. The highest BCUT2D eigenvalue weighted by Crippen LogP contribution is 2.28. The molecule has 1 aromatic carbocycles. The van der Waals surface area contributed by atoms with Crippen LogP contribution in [0.1, 0.15) is 0 Å². The zero-order valence-electron chi connectivity index (χ0n) is 8.94. The van der Waals surface area contributed by atoms with Gasteiger partial charge >= 0.3 is 0 Å². The molecule has 0 aliphatic carbocycles. The maximum Gasteiger partial charge on any atom is 0.123 e. The molecular formula is C13H10ClN3. The van der Waals surface area contributed by atoms with Crippen LogP contribution in [0.15, 0.2) is 42.6 Å². The van der Waals surface area contributed by atoms with Crippen LogP contribution in [0, 0.1) is 0 Å². The summed E-state index contributed by atoms with van der Waals surface area (Å²) in [5.41, 5.74) is 8.56. The number of H-pyrrole nitrogens is 1. The molecule has 0 atom stereocenters. The van der Waals surface area contributed by atoms with E-state index in [1.54, 1.807) is 12.3 Å². The van der Waals surface area contributed by atoms with E-state index in [0.29, 0.717) is 5.82 Å². The quantitative estimate of drug-likeness (QED) is 0.688. The predicted octanol–water partition coefficient (Wildman–Crippen LogP) is 3.47. The van der Waals surface area contributed by atoms with Crippen LogP contribution >= 0.6 is 11.6 Å². The Morgan fingerprint density at radius 2 is 2.06 bits per heavy atom. The monoisotopic (exact) mass is 243 g/mol. The number of halogens is 1. The first-order chi connectivity index (χ1) is 8.24. The van der Waals surface area contributed by atoms with Crippen molar-refractivity contribution in [1.82, 2.24) is 9.97 Å². The molecule has 2 heterocycles. The van der Waals surface area contributed by atoms with E-state index in [1.807, 2.05) is 30.3 Å². The third-order valence-corrected chi connectivity index (χ3v) is 3.04. The van der Waals surface area contributed by atoms with Crippen LogP contribution in [0.2, 0.25) is 5.02 Å². The fraction of sp³-hybridized carbons (Fsp3) is 0. The van der Waals surface area contributed by atoms with E-state index >= 15 is 0 Å². The lowest BCUT2D eigenvalue weighted by Gasteiger charge is -1.97. The van der Waals surface area contributed by atoms with Gasteiger partial charge in [-0.2, -0.15) is 0 Å². The highest BCUT2D eigenvalue weighted by molar-refractivity contribution is 6.35. The number of nitrogen functional groups attached to an aromatic ring is 1. The lowest BCUT2D eigenvalue weighted by atomic mass is 10.2. The number of aromatic amines is 1. The largest absolute Gasteiger partial charge is 0.384 e. The molecule has 0 saturated carbocycles. The fourth-order valence-corrected chi connectivity index (χ4v) is 2.07. The van der Waals surface area contributed by atoms with E-state index in [9.17, 15) is 0 Å². The summed E-state index contributed by atoms with van der Waals surface area (Å²) in [4.78, 5) is 7.38. The summed E-state index contributed by atoms with van der Waals surface area (Å²) < 4.78 is 0. The molecule has 0 radical (unpaired) electrons. The molecule has 0 spiro atoms. The topological polar surface area (TPSA) is 54.7 Å². The predicted molar refractivity (Wildman–Crippen MR) is 71.0 cm³/mol. The normalized spacial score (nSPS) is 10.9. The van der Waals surface area contributed by atoms with E-state index in [2.05, 4.69) is 9.97 Å². The second-order valence-electron chi connectivity index (χ2n) is 3.86. The smallest absolute Gasteiger partial charge is 0.123 e. The Labute approximate surface area is 103 Å². The van der Waals surface area contributed by atoms with Gasteiger partial charge in [0.15, 0.2) is 0 Å². The third kappa shape index (κ3) is 1.74. The fourth-order valence-electron chi connectivity index (χ4n) is 1.84. The summed E-state index contributed by atoms with van der Waals surface area (Å²) in [6.07, 6.45) is 1.74. The third-order valence-electron chi connectivity index (χ3n) is 2.71. The van der Waals surface area contributed by atoms with Crippen molar-refractivity contribution in [3.8, 4) is 11.3 Å². The molecule has 3 aromatic rings. The van der Waals surface area contributed by atoms with Crippen molar-refractivity contribution in [2.45, 2.75) is 0 Å². The minimum Gasteiger partial charge on any atom is -0.384 e. The molecule has 0 bridgehead atoms. The van der Waals surface area contributed by atoms with Crippen molar-refractivity contribution < 1.29 is 0 Å². The molecule has 2 aromatic heterocycles. The summed E-state index contributed by atoms with van der Waals surface area (Å²) in [5.74, 6) is 0.517. The number of benzene rings is 1. The maximum atomic E-state index is 6.13. The molecule has 3 N–H and O–H groups in total. The van der Waals surface area contributed by atoms with Gasteiger partial charge in [-0.1, -0.05) is 17.7 Å². The second-order valence-corrected chi connectivity index (χ2v) is 4.26. The Balaban J connectivity index is 2.18. The van der Waals surface area contributed by atoms with E-state index in [1.165, 1.54) is 0 Å². The van der Waals surface area contributed by atoms with Crippen LogP contribution < -0.4 is 5.73 Å². The molecule has 3 rings (SSSR count). The average Bonchev–Trinajstić information content (AvgIpc) is 2.75. The Hall–Kier alpha value is -2.00. The molecule has 0 amide bonds. The first-order valence-electron chi connectivity index (χ1n) is 5.23. The van der Waals surface area contributed by atoms with Gasteiger partial charge in [0.05, 0.1) is 0 Å². The van der Waals surface area contributed by atoms with Gasteiger partial charge in [-0.25, -0.2) is 4.98 Å². The van der Waals surface area contributed by atoms with Crippen LogP contribution in [-0.2, 0) is 0 Å². The highest BCUT2D eigenvalue weighted by atomic mass is 35.5. The summed E-state index contributed by atoms with van der Waals surface area (Å²) in [6, 6.07) is 11.5. The molecule has 0 aliphatic heterocycles. The summed E-state index contributed by atoms with van der Waals surface area (Å²) in [7, 11) is 0. The Kier molecular flexibility index (Phi) is 2.27. The second kappa shape index (κ2) is 3.79. The summed E-state index contributed by atoms with van der Waals surface area (Å²) in [6.45, 7) is 0. The minimum atomic E-state index is 0.517. The average molecular weight is 244 g/mol. The molecule has 4 heteroatoms. The Bertz CT molecular complexity index is 671. The molecule has 3 nitrogen and oxygen atoms in total. The highest BCUT2D eigenvalue weighted by Gasteiger charge is 2.05. The molecule has 84 valence electrons. The Morgan fingerprint density at radius 3 is 2.76 bits per heavy atom. The lowest BCUT2D eigenvalue weighted by Crippen LogP contribution is -1.88. The van der Waals surface area contributed by atoms with Crippen molar-refractivity contribution in [3.63, 3.8) is 0 Å². The van der Waals surface area contributed by atoms with Gasteiger partial charge in [0, 0.05) is 33.4 Å². The number of nitrogens with one attached hydrogen (secondary N) is 1. The maximum absolute atomic E-state index is 6.13. The lowest BCUT2D eigenvalue weighted by molar-refractivity contribution is 1.32. The molecular weight excluding hydrogens is 234 g/mol. The SMILES string of the molecule is Nc1ccc(-c2cc3c(Cl)cccc3[nH]2)cn1. The van der Waals surface area contributed by atoms with Gasteiger partial charge in [0.2, 0.25) is 0 Å². The molecule has 0 fully saturated rings. The van der Waals surface area contributed by atoms with Gasteiger partial charge in [-0.3, -0.25) is 0 Å². The van der Waals surface area contributed by atoms with E-state index < -0.39 is 0 Å². The number of nitrogens with two attached hydrogens (primary N) is 1. The van der Waals surface area contributed by atoms with Crippen molar-refractivity contribution in [3.05, 3.63) is 47.6 Å². The number of anilines is 1. The van der Waals surface area contributed by atoms with Gasteiger partial charge in [-0.05, 0) is 30.3 Å². The molecule has 17 heavy (non-hydrogen) atoms. The standard InChI is InChI=1S/C13H10ClN3/c14-10-2-1-3-11-9(10)6-12(17-11)8-4-5-13(15)16-7-8/h1-7,17H,(H2,15,16). The first-order valence-corrected chi connectivity index (χ1v) is 5.61. The molecule has 0 saturated heterocycles.